The Balaban J connectivity index is 1.91. The summed E-state index contributed by atoms with van der Waals surface area (Å²) in [6.45, 7) is 0. The number of aryl methyl sites for hydroxylation is 1. The Morgan fingerprint density at radius 3 is 2.68 bits per heavy atom. The van der Waals surface area contributed by atoms with E-state index in [4.69, 9.17) is 9.47 Å². The zero-order valence-electron chi connectivity index (χ0n) is 12.8. The number of carbonyl (C=O) groups excluding carboxylic acids is 1. The van der Waals surface area contributed by atoms with Gasteiger partial charge in [0.1, 0.15) is 11.5 Å². The summed E-state index contributed by atoms with van der Waals surface area (Å²) in [7, 11) is 0.181. The van der Waals surface area contributed by atoms with E-state index in [2.05, 4.69) is 5.32 Å². The molecule has 122 valence electrons. The van der Waals surface area contributed by atoms with Crippen LogP contribution in [0.3, 0.4) is 0 Å². The van der Waals surface area contributed by atoms with Crippen molar-refractivity contribution in [3.05, 3.63) is 23.8 Å². The van der Waals surface area contributed by atoms with Gasteiger partial charge in [-0.25, -0.2) is 8.42 Å². The van der Waals surface area contributed by atoms with Gasteiger partial charge in [-0.05, 0) is 36.6 Å². The molecule has 0 spiro atoms. The molecular formula is C15H21NO5S. The van der Waals surface area contributed by atoms with E-state index in [-0.39, 0.29) is 29.9 Å². The smallest absolute Gasteiger partial charge is 0.220 e. The summed E-state index contributed by atoms with van der Waals surface area (Å²) in [4.78, 5) is 12.0. The molecule has 7 heteroatoms. The molecule has 1 heterocycles. The van der Waals surface area contributed by atoms with Crippen molar-refractivity contribution in [2.45, 2.75) is 25.3 Å². The van der Waals surface area contributed by atoms with Gasteiger partial charge in [-0.1, -0.05) is 0 Å². The highest BCUT2D eigenvalue weighted by Crippen LogP contribution is 2.25. The van der Waals surface area contributed by atoms with Crippen LogP contribution in [0.2, 0.25) is 0 Å². The van der Waals surface area contributed by atoms with Crippen LogP contribution in [0.15, 0.2) is 18.2 Å². The SMILES string of the molecule is COc1ccc(OC)c(CCC(=O)N[C@@H]2CCS(=O)(=O)C2)c1. The molecule has 1 aliphatic heterocycles. The predicted molar refractivity (Wildman–Crippen MR) is 83.1 cm³/mol. The quantitative estimate of drug-likeness (QED) is 0.841. The first kappa shape index (κ1) is 16.6. The van der Waals surface area contributed by atoms with E-state index in [9.17, 15) is 13.2 Å². The lowest BCUT2D eigenvalue weighted by Gasteiger charge is -2.12. The van der Waals surface area contributed by atoms with Crippen molar-refractivity contribution in [2.24, 2.45) is 0 Å². The standard InChI is InChI=1S/C15H21NO5S/c1-20-13-4-5-14(21-2)11(9-13)3-6-15(17)16-12-7-8-22(18,19)10-12/h4-5,9,12H,3,6-8,10H2,1-2H3,(H,16,17)/t12-/m1/s1. The predicted octanol–water partition coefficient (Wildman–Crippen LogP) is 0.940. The maximum atomic E-state index is 12.0. The number of sulfone groups is 1. The van der Waals surface area contributed by atoms with Crippen LogP contribution < -0.4 is 14.8 Å². The lowest BCUT2D eigenvalue weighted by Crippen LogP contribution is -2.35. The maximum Gasteiger partial charge on any atom is 0.220 e. The second-order valence-corrected chi connectivity index (χ2v) is 7.57. The number of carbonyl (C=O) groups is 1. The number of methoxy groups -OCH3 is 2. The minimum Gasteiger partial charge on any atom is -0.497 e. The summed E-state index contributed by atoms with van der Waals surface area (Å²) in [5.74, 6) is 1.46. The number of nitrogens with one attached hydrogen (secondary N) is 1. The van der Waals surface area contributed by atoms with E-state index >= 15 is 0 Å². The second kappa shape index (κ2) is 7.00. The number of rotatable bonds is 6. The largest absolute Gasteiger partial charge is 0.497 e. The van der Waals surface area contributed by atoms with Gasteiger partial charge in [-0.15, -0.1) is 0 Å². The van der Waals surface area contributed by atoms with Crippen LogP contribution in [0.5, 0.6) is 11.5 Å². The third kappa shape index (κ3) is 4.37. The fourth-order valence-corrected chi connectivity index (χ4v) is 4.21. The Kier molecular flexibility index (Phi) is 5.28. The Hall–Kier alpha value is -1.76. The van der Waals surface area contributed by atoms with Gasteiger partial charge in [0.05, 0.1) is 25.7 Å². The van der Waals surface area contributed by atoms with Crippen LogP contribution in [-0.4, -0.2) is 46.1 Å². The summed E-state index contributed by atoms with van der Waals surface area (Å²) in [5.41, 5.74) is 0.885. The topological polar surface area (TPSA) is 81.7 Å². The van der Waals surface area contributed by atoms with Gasteiger partial charge in [0.25, 0.3) is 0 Å². The number of amides is 1. The van der Waals surface area contributed by atoms with Crippen LogP contribution in [0.4, 0.5) is 0 Å². The minimum atomic E-state index is -2.98. The number of ether oxygens (including phenoxy) is 2. The molecule has 1 N–H and O–H groups in total. The van der Waals surface area contributed by atoms with Gasteiger partial charge in [0, 0.05) is 12.5 Å². The van der Waals surface area contributed by atoms with Crippen LogP contribution in [0.1, 0.15) is 18.4 Å². The average molecular weight is 327 g/mol. The molecule has 0 saturated carbocycles. The highest BCUT2D eigenvalue weighted by molar-refractivity contribution is 7.91. The van der Waals surface area contributed by atoms with E-state index in [1.807, 2.05) is 6.07 Å². The Morgan fingerprint density at radius 2 is 2.09 bits per heavy atom. The monoisotopic (exact) mass is 327 g/mol. The number of hydrogen-bond acceptors (Lipinski definition) is 5. The zero-order valence-corrected chi connectivity index (χ0v) is 13.6. The van der Waals surface area contributed by atoms with Crippen molar-refractivity contribution in [1.82, 2.24) is 5.32 Å². The molecule has 0 radical (unpaired) electrons. The van der Waals surface area contributed by atoms with Crippen LogP contribution in [0, 0.1) is 0 Å². The fraction of sp³-hybridized carbons (Fsp3) is 0.533. The minimum absolute atomic E-state index is 0.0429. The summed E-state index contributed by atoms with van der Waals surface area (Å²) in [6, 6.07) is 5.18. The summed E-state index contributed by atoms with van der Waals surface area (Å²) >= 11 is 0. The summed E-state index contributed by atoms with van der Waals surface area (Å²) in [5, 5.41) is 2.78. The molecule has 1 aromatic carbocycles. The molecule has 0 bridgehead atoms. The third-order valence-corrected chi connectivity index (χ3v) is 5.47. The molecular weight excluding hydrogens is 306 g/mol. The van der Waals surface area contributed by atoms with Crippen molar-refractivity contribution in [1.29, 1.82) is 0 Å². The molecule has 6 nitrogen and oxygen atoms in total. The van der Waals surface area contributed by atoms with Crippen molar-refractivity contribution in [3.8, 4) is 11.5 Å². The van der Waals surface area contributed by atoms with E-state index in [0.717, 1.165) is 5.56 Å². The van der Waals surface area contributed by atoms with Crippen LogP contribution in [0.25, 0.3) is 0 Å². The maximum absolute atomic E-state index is 12.0. The highest BCUT2D eigenvalue weighted by Gasteiger charge is 2.28. The van der Waals surface area contributed by atoms with E-state index in [1.165, 1.54) is 0 Å². The van der Waals surface area contributed by atoms with Crippen molar-refractivity contribution < 1.29 is 22.7 Å². The summed E-state index contributed by atoms with van der Waals surface area (Å²) < 4.78 is 33.2. The molecule has 1 fully saturated rings. The number of hydrogen-bond donors (Lipinski definition) is 1. The van der Waals surface area contributed by atoms with Gasteiger partial charge < -0.3 is 14.8 Å². The molecule has 1 aromatic rings. The van der Waals surface area contributed by atoms with Crippen molar-refractivity contribution >= 4 is 15.7 Å². The van der Waals surface area contributed by atoms with E-state index in [1.54, 1.807) is 26.4 Å². The van der Waals surface area contributed by atoms with Crippen LogP contribution in [-0.2, 0) is 21.1 Å². The Labute approximate surface area is 130 Å². The molecule has 0 aliphatic carbocycles. The molecule has 0 aromatic heterocycles. The highest BCUT2D eigenvalue weighted by atomic mass is 32.2. The van der Waals surface area contributed by atoms with Gasteiger partial charge >= 0.3 is 0 Å². The summed E-state index contributed by atoms with van der Waals surface area (Å²) in [6.07, 6.45) is 1.28. The second-order valence-electron chi connectivity index (χ2n) is 5.35. The van der Waals surface area contributed by atoms with E-state index in [0.29, 0.717) is 24.3 Å². The fourth-order valence-electron chi connectivity index (χ4n) is 2.53. The molecule has 0 unspecified atom stereocenters. The first-order chi connectivity index (χ1) is 10.4. The molecule has 22 heavy (non-hydrogen) atoms. The zero-order chi connectivity index (χ0) is 16.2. The van der Waals surface area contributed by atoms with Gasteiger partial charge in [-0.3, -0.25) is 4.79 Å². The van der Waals surface area contributed by atoms with Crippen molar-refractivity contribution in [3.63, 3.8) is 0 Å². The molecule has 2 rings (SSSR count). The molecule has 1 amide bonds. The normalized spacial score (nSPS) is 19.6. The first-order valence-corrected chi connectivity index (χ1v) is 8.96. The van der Waals surface area contributed by atoms with E-state index < -0.39 is 9.84 Å². The van der Waals surface area contributed by atoms with Gasteiger partial charge in [-0.2, -0.15) is 0 Å². The van der Waals surface area contributed by atoms with Gasteiger partial charge in [0.15, 0.2) is 9.84 Å². The lowest BCUT2D eigenvalue weighted by molar-refractivity contribution is -0.121. The Bertz CT molecular complexity index is 641. The first-order valence-electron chi connectivity index (χ1n) is 7.14. The molecule has 1 saturated heterocycles. The van der Waals surface area contributed by atoms with Gasteiger partial charge in [0.2, 0.25) is 5.91 Å². The number of benzene rings is 1. The lowest BCUT2D eigenvalue weighted by atomic mass is 10.1. The third-order valence-electron chi connectivity index (χ3n) is 3.71. The molecule has 1 atom stereocenters. The average Bonchev–Trinajstić information content (AvgIpc) is 2.83. The van der Waals surface area contributed by atoms with Crippen molar-refractivity contribution in [2.75, 3.05) is 25.7 Å². The van der Waals surface area contributed by atoms with Crippen LogP contribution >= 0.6 is 0 Å². The Morgan fingerprint density at radius 1 is 1.32 bits per heavy atom. The molecule has 1 aliphatic rings.